The largest absolute Gasteiger partial charge is 0.435 e. The van der Waals surface area contributed by atoms with Crippen molar-refractivity contribution in [2.24, 2.45) is 0 Å². The van der Waals surface area contributed by atoms with Gasteiger partial charge in [-0.2, -0.15) is 38.1 Å². The summed E-state index contributed by atoms with van der Waals surface area (Å²) in [4.78, 5) is 26.0. The summed E-state index contributed by atoms with van der Waals surface area (Å²) in [5.41, 5.74) is -8.25. The molecule has 0 saturated carbocycles. The average Bonchev–Trinajstić information content (AvgIpc) is 2.72. The second-order valence-corrected chi connectivity index (χ2v) is 10.6. The zero-order valence-electron chi connectivity index (χ0n) is 19.4. The van der Waals surface area contributed by atoms with Crippen LogP contribution in [0.5, 0.6) is 0 Å². The minimum atomic E-state index is -6.26. The summed E-state index contributed by atoms with van der Waals surface area (Å²) in [5, 5.41) is 5.22. The Morgan fingerprint density at radius 3 is 2.03 bits per heavy atom. The first kappa shape index (κ1) is 30.2. The molecule has 4 nitrogen and oxygen atoms in total. The minimum Gasteiger partial charge on any atom is -0.346 e. The number of aryl methyl sites for hydroxylation is 1. The molecular formula is C23H22F7IN2O2S. The molecule has 0 heterocycles. The van der Waals surface area contributed by atoms with Crippen molar-refractivity contribution in [2.45, 2.75) is 44.3 Å². The van der Waals surface area contributed by atoms with E-state index in [0.29, 0.717) is 21.5 Å². The Balaban J connectivity index is 2.43. The lowest BCUT2D eigenvalue weighted by Crippen LogP contribution is -2.50. The van der Waals surface area contributed by atoms with E-state index >= 15 is 0 Å². The van der Waals surface area contributed by atoms with Gasteiger partial charge in [-0.05, 0) is 73.4 Å². The summed E-state index contributed by atoms with van der Waals surface area (Å²) < 4.78 is 93.2. The fraction of sp³-hybridized carbons (Fsp3) is 0.391. The van der Waals surface area contributed by atoms with Gasteiger partial charge in [0.25, 0.3) is 11.8 Å². The minimum absolute atomic E-state index is 0.0276. The van der Waals surface area contributed by atoms with E-state index in [4.69, 9.17) is 0 Å². The van der Waals surface area contributed by atoms with Crippen LogP contribution in [0.3, 0.4) is 0 Å². The molecule has 2 amide bonds. The third-order valence-corrected chi connectivity index (χ3v) is 7.01. The van der Waals surface area contributed by atoms with E-state index in [2.05, 4.69) is 10.6 Å². The molecule has 36 heavy (non-hydrogen) atoms. The van der Waals surface area contributed by atoms with Crippen molar-refractivity contribution in [1.29, 1.82) is 0 Å². The third kappa shape index (κ3) is 6.26. The van der Waals surface area contributed by atoms with Crippen molar-refractivity contribution < 1.29 is 40.3 Å². The number of hydrogen-bond donors (Lipinski definition) is 2. The van der Waals surface area contributed by atoms with Gasteiger partial charge in [-0.3, -0.25) is 9.59 Å². The van der Waals surface area contributed by atoms with Crippen molar-refractivity contribution in [3.05, 3.63) is 62.2 Å². The van der Waals surface area contributed by atoms with E-state index in [-0.39, 0.29) is 22.4 Å². The Morgan fingerprint density at radius 2 is 1.53 bits per heavy atom. The normalized spacial score (nSPS) is 12.9. The molecule has 0 aliphatic rings. The van der Waals surface area contributed by atoms with Crippen LogP contribution >= 0.6 is 34.4 Å². The number of alkyl halides is 7. The molecule has 0 fully saturated rings. The molecule has 0 aliphatic heterocycles. The molecule has 0 atom stereocenters. The highest BCUT2D eigenvalue weighted by molar-refractivity contribution is 14.1. The predicted octanol–water partition coefficient (Wildman–Crippen LogP) is 7.01. The van der Waals surface area contributed by atoms with Gasteiger partial charge in [0.05, 0.1) is 11.1 Å². The second kappa shape index (κ2) is 10.8. The molecule has 2 rings (SSSR count). The molecule has 13 heteroatoms. The maximum absolute atomic E-state index is 14.4. The Labute approximate surface area is 220 Å². The first-order chi connectivity index (χ1) is 16.4. The summed E-state index contributed by atoms with van der Waals surface area (Å²) in [6.07, 6.45) is -10.6. The van der Waals surface area contributed by atoms with Crippen LogP contribution in [0.1, 0.15) is 45.7 Å². The Morgan fingerprint density at radius 1 is 0.944 bits per heavy atom. The maximum atomic E-state index is 14.4. The van der Waals surface area contributed by atoms with Crippen molar-refractivity contribution >= 4 is 51.9 Å². The number of anilines is 1. The molecule has 2 N–H and O–H groups in total. The summed E-state index contributed by atoms with van der Waals surface area (Å²) in [5.74, 6) is -0.772. The fourth-order valence-electron chi connectivity index (χ4n) is 3.41. The highest BCUT2D eigenvalue weighted by Crippen LogP contribution is 2.53. The fourth-order valence-corrected chi connectivity index (χ4v) is 4.94. The molecule has 0 aromatic heterocycles. The van der Waals surface area contributed by atoms with E-state index < -0.39 is 40.9 Å². The molecule has 198 valence electrons. The molecule has 2 aromatic carbocycles. The topological polar surface area (TPSA) is 58.2 Å². The maximum Gasteiger partial charge on any atom is 0.435 e. The quantitative estimate of drug-likeness (QED) is 0.251. The van der Waals surface area contributed by atoms with Crippen molar-refractivity contribution in [1.82, 2.24) is 5.32 Å². The van der Waals surface area contributed by atoms with Crippen LogP contribution in [0.25, 0.3) is 0 Å². The lowest BCUT2D eigenvalue weighted by atomic mass is 9.92. The van der Waals surface area contributed by atoms with Crippen LogP contribution in [-0.2, 0) is 5.67 Å². The molecular weight excluding hydrogens is 628 g/mol. The summed E-state index contributed by atoms with van der Waals surface area (Å²) in [6, 6.07) is 5.99. The van der Waals surface area contributed by atoms with E-state index in [1.807, 2.05) is 28.8 Å². The van der Waals surface area contributed by atoms with Gasteiger partial charge in [0.15, 0.2) is 0 Å². The van der Waals surface area contributed by atoms with Gasteiger partial charge in [0.1, 0.15) is 0 Å². The number of amides is 2. The molecule has 0 spiro atoms. The predicted molar refractivity (Wildman–Crippen MR) is 133 cm³/mol. The Hall–Kier alpha value is -2.03. The molecule has 0 bridgehead atoms. The lowest BCUT2D eigenvalue weighted by molar-refractivity contribution is -0.348. The van der Waals surface area contributed by atoms with E-state index in [1.54, 1.807) is 26.0 Å². The number of rotatable bonds is 7. The van der Waals surface area contributed by atoms with E-state index in [9.17, 15) is 40.3 Å². The molecule has 0 radical (unpaired) electrons. The van der Waals surface area contributed by atoms with Gasteiger partial charge in [-0.15, -0.1) is 0 Å². The van der Waals surface area contributed by atoms with Crippen LogP contribution in [0, 0.1) is 10.5 Å². The van der Waals surface area contributed by atoms with Gasteiger partial charge in [-0.25, -0.2) is 4.39 Å². The number of carbonyl (C=O) groups is 2. The highest BCUT2D eigenvalue weighted by atomic mass is 127. The zero-order chi connectivity index (χ0) is 27.7. The SMILES string of the molecule is CSCC(C)(C)NC(=O)c1cccc(I)c1C(=O)Nc1ccc(C(F)(C(F)(F)F)C(F)(F)F)cc1C. The van der Waals surface area contributed by atoms with E-state index in [0.717, 1.165) is 13.0 Å². The molecule has 2 aromatic rings. The average molecular weight is 650 g/mol. The van der Waals surface area contributed by atoms with Gasteiger partial charge < -0.3 is 10.6 Å². The summed E-state index contributed by atoms with van der Waals surface area (Å²) in [7, 11) is 0. The lowest BCUT2D eigenvalue weighted by Gasteiger charge is -2.30. The summed E-state index contributed by atoms with van der Waals surface area (Å²) in [6.45, 7) is 4.72. The monoisotopic (exact) mass is 650 g/mol. The summed E-state index contributed by atoms with van der Waals surface area (Å²) >= 11 is 3.33. The van der Waals surface area contributed by atoms with Crippen LogP contribution in [-0.4, -0.2) is 41.7 Å². The zero-order valence-corrected chi connectivity index (χ0v) is 22.4. The molecule has 0 aliphatic carbocycles. The Kier molecular flexibility index (Phi) is 9.02. The number of benzene rings is 2. The van der Waals surface area contributed by atoms with Crippen molar-refractivity contribution in [3.63, 3.8) is 0 Å². The number of nitrogens with one attached hydrogen (secondary N) is 2. The number of hydrogen-bond acceptors (Lipinski definition) is 3. The standard InChI is InChI=1S/C23H22F7IN2O2S/c1-12-10-13(21(24,22(25,26)27)23(28,29)30)8-9-16(12)32-19(35)17-14(6-5-7-15(17)31)18(34)33-20(2,3)11-36-4/h5-10H,11H2,1-4H3,(H,32,35)(H,33,34). The molecule has 0 saturated heterocycles. The third-order valence-electron chi connectivity index (χ3n) is 5.10. The first-order valence-corrected chi connectivity index (χ1v) is 12.7. The number of halogens is 8. The van der Waals surface area contributed by atoms with Gasteiger partial charge in [0, 0.05) is 26.1 Å². The van der Waals surface area contributed by atoms with Crippen LogP contribution in [0.4, 0.5) is 36.4 Å². The van der Waals surface area contributed by atoms with Gasteiger partial charge in [0.2, 0.25) is 0 Å². The second-order valence-electron chi connectivity index (χ2n) is 8.57. The molecule has 0 unspecified atom stereocenters. The van der Waals surface area contributed by atoms with Crippen LogP contribution < -0.4 is 10.6 Å². The van der Waals surface area contributed by atoms with Crippen LogP contribution in [0.15, 0.2) is 36.4 Å². The van der Waals surface area contributed by atoms with E-state index in [1.165, 1.54) is 17.8 Å². The van der Waals surface area contributed by atoms with Crippen molar-refractivity contribution in [3.8, 4) is 0 Å². The van der Waals surface area contributed by atoms with Gasteiger partial charge >= 0.3 is 18.0 Å². The first-order valence-electron chi connectivity index (χ1n) is 10.2. The van der Waals surface area contributed by atoms with Crippen molar-refractivity contribution in [2.75, 3.05) is 17.3 Å². The van der Waals surface area contributed by atoms with Crippen LogP contribution in [0.2, 0.25) is 0 Å². The van der Waals surface area contributed by atoms with Gasteiger partial charge in [-0.1, -0.05) is 18.2 Å². The number of carbonyl (C=O) groups excluding carboxylic acids is 2. The highest BCUT2D eigenvalue weighted by Gasteiger charge is 2.73. The Bertz CT molecular complexity index is 1140. The smallest absolute Gasteiger partial charge is 0.346 e. The number of thioether (sulfide) groups is 1.